The molecular formula is C42H47N15O2. The summed E-state index contributed by atoms with van der Waals surface area (Å²) in [5, 5.41) is 21.8. The molecule has 17 nitrogen and oxygen atoms in total. The predicted octanol–water partition coefficient (Wildman–Crippen LogP) is 6.32. The Morgan fingerprint density at radius 1 is 0.864 bits per heavy atom. The summed E-state index contributed by atoms with van der Waals surface area (Å²) in [6, 6.07) is 19.4. The Labute approximate surface area is 342 Å². The second kappa shape index (κ2) is 17.9. The van der Waals surface area contributed by atoms with Crippen LogP contribution in [0.4, 0.5) is 28.8 Å². The molecule has 0 aliphatic rings. The van der Waals surface area contributed by atoms with Gasteiger partial charge < -0.3 is 26.0 Å². The minimum Gasteiger partial charge on any atom is -0.494 e. The van der Waals surface area contributed by atoms with Crippen LogP contribution in [0.25, 0.3) is 22.8 Å². The van der Waals surface area contributed by atoms with Crippen molar-refractivity contribution in [2.75, 3.05) is 30.1 Å². The number of amides is 1. The van der Waals surface area contributed by atoms with Crippen molar-refractivity contribution >= 4 is 34.7 Å². The summed E-state index contributed by atoms with van der Waals surface area (Å²) in [5.41, 5.74) is 5.94. The van der Waals surface area contributed by atoms with Crippen molar-refractivity contribution in [3.8, 4) is 28.5 Å². The van der Waals surface area contributed by atoms with Gasteiger partial charge in [0.05, 0.1) is 29.6 Å². The van der Waals surface area contributed by atoms with Gasteiger partial charge in [0.2, 0.25) is 0 Å². The molecule has 1 amide bonds. The lowest BCUT2D eigenvalue weighted by molar-refractivity contribution is 0.0963. The fourth-order valence-corrected chi connectivity index (χ4v) is 6.74. The van der Waals surface area contributed by atoms with E-state index in [9.17, 15) is 4.79 Å². The van der Waals surface area contributed by atoms with Crippen LogP contribution >= 0.6 is 0 Å². The van der Waals surface area contributed by atoms with Crippen molar-refractivity contribution in [1.82, 2.24) is 59.8 Å². The van der Waals surface area contributed by atoms with Gasteiger partial charge in [0.1, 0.15) is 41.8 Å². The zero-order valence-corrected chi connectivity index (χ0v) is 34.1. The average molecular weight is 794 g/mol. The molecule has 0 saturated heterocycles. The smallest absolute Gasteiger partial charge is 0.254 e. The number of rotatable bonds is 16. The second-order valence-corrected chi connectivity index (χ2v) is 13.9. The lowest BCUT2D eigenvalue weighted by Gasteiger charge is -2.17. The van der Waals surface area contributed by atoms with Crippen LogP contribution in [0, 0.1) is 13.8 Å². The van der Waals surface area contributed by atoms with Crippen molar-refractivity contribution in [2.24, 2.45) is 0 Å². The molecule has 7 aromatic rings. The molecule has 17 heteroatoms. The number of aryl methyl sites for hydroxylation is 4. The highest BCUT2D eigenvalue weighted by Crippen LogP contribution is 2.37. The summed E-state index contributed by atoms with van der Waals surface area (Å²) in [6.07, 6.45) is 5.93. The number of carbonyl (C=O) groups excluding carboxylic acids is 1. The Morgan fingerprint density at radius 3 is 2.49 bits per heavy atom. The molecule has 1 unspecified atom stereocenters. The number of anilines is 5. The molecule has 0 bridgehead atoms. The summed E-state index contributed by atoms with van der Waals surface area (Å²) in [4.78, 5) is 45.4. The molecule has 5 aromatic heterocycles. The standard InChI is InChI=1S/C42H47N15O2/c1-8-56-24-46-40(55-56)31-14-11-15-33(39(31)59-7)52-34-21-35(44-22-32(34)42(58)43-6)53-38-20-30(50-27(5)51-38)16-25(3)48-36-17-26(4)49-37(54-36)19-28-12-10-13-29(18-28)41-45-23-47-57(41)9-2/h10-15,17-18,20-25H,8-9,16,19H2,1-7H3,(H,43,58)(H,48,49,54)(H2,44,50,51,52,53). The van der Waals surface area contributed by atoms with E-state index in [2.05, 4.69) is 70.5 Å². The van der Waals surface area contributed by atoms with Crippen LogP contribution < -0.4 is 26.0 Å². The van der Waals surface area contributed by atoms with E-state index in [0.717, 1.165) is 40.7 Å². The molecule has 59 heavy (non-hydrogen) atoms. The lowest BCUT2D eigenvalue weighted by atomic mass is 10.1. The molecule has 0 saturated carbocycles. The molecule has 302 valence electrons. The Balaban J connectivity index is 1.06. The third-order valence-electron chi connectivity index (χ3n) is 9.39. The van der Waals surface area contributed by atoms with Crippen molar-refractivity contribution < 1.29 is 9.53 Å². The number of carbonyl (C=O) groups is 1. The summed E-state index contributed by atoms with van der Waals surface area (Å²) >= 11 is 0. The van der Waals surface area contributed by atoms with Crippen LogP contribution in [-0.2, 0) is 25.9 Å². The van der Waals surface area contributed by atoms with E-state index in [-0.39, 0.29) is 11.9 Å². The van der Waals surface area contributed by atoms with Crippen molar-refractivity contribution in [2.45, 2.75) is 66.6 Å². The molecule has 0 aliphatic heterocycles. The first-order chi connectivity index (χ1) is 28.6. The van der Waals surface area contributed by atoms with Crippen LogP contribution in [-0.4, -0.2) is 80.6 Å². The molecule has 0 radical (unpaired) electrons. The van der Waals surface area contributed by atoms with Crippen LogP contribution in [0.15, 0.2) is 79.5 Å². The van der Waals surface area contributed by atoms with Gasteiger partial charge in [-0.05, 0) is 58.4 Å². The Hall–Kier alpha value is -7.30. The van der Waals surface area contributed by atoms with Gasteiger partial charge >= 0.3 is 0 Å². The van der Waals surface area contributed by atoms with E-state index >= 15 is 0 Å². The molecule has 0 fully saturated rings. The summed E-state index contributed by atoms with van der Waals surface area (Å²) in [5.74, 6) is 4.66. The largest absolute Gasteiger partial charge is 0.494 e. The highest BCUT2D eigenvalue weighted by Gasteiger charge is 2.19. The normalized spacial score (nSPS) is 11.6. The Kier molecular flexibility index (Phi) is 12.1. The molecule has 5 heterocycles. The van der Waals surface area contributed by atoms with E-state index in [4.69, 9.17) is 19.7 Å². The molecule has 7 rings (SSSR count). The minimum atomic E-state index is -0.305. The third kappa shape index (κ3) is 9.47. The number of ether oxygens (including phenoxy) is 1. The first kappa shape index (κ1) is 39.9. The Bertz CT molecular complexity index is 2580. The summed E-state index contributed by atoms with van der Waals surface area (Å²) in [7, 11) is 3.16. The van der Waals surface area contributed by atoms with E-state index in [1.54, 1.807) is 37.6 Å². The Morgan fingerprint density at radius 2 is 1.71 bits per heavy atom. The number of nitrogens with zero attached hydrogens (tertiary/aromatic N) is 11. The minimum absolute atomic E-state index is 0.0273. The van der Waals surface area contributed by atoms with E-state index in [1.165, 1.54) is 6.20 Å². The summed E-state index contributed by atoms with van der Waals surface area (Å²) in [6.45, 7) is 11.4. The average Bonchev–Trinajstić information content (AvgIpc) is 3.91. The molecule has 1 atom stereocenters. The van der Waals surface area contributed by atoms with E-state index < -0.39 is 0 Å². The van der Waals surface area contributed by atoms with Crippen LogP contribution in [0.2, 0.25) is 0 Å². The second-order valence-electron chi connectivity index (χ2n) is 13.9. The van der Waals surface area contributed by atoms with Gasteiger partial charge in [-0.25, -0.2) is 39.6 Å². The zero-order chi connectivity index (χ0) is 41.5. The first-order valence-electron chi connectivity index (χ1n) is 19.4. The molecule has 0 spiro atoms. The number of hydrogen-bond acceptors (Lipinski definition) is 14. The van der Waals surface area contributed by atoms with Gasteiger partial charge in [-0.2, -0.15) is 10.2 Å². The fourth-order valence-electron chi connectivity index (χ4n) is 6.74. The number of para-hydroxylation sites is 1. The van der Waals surface area contributed by atoms with Crippen molar-refractivity contribution in [1.29, 1.82) is 0 Å². The SMILES string of the molecule is CCn1cnc(-c2cccc(Nc3cc(Nc4cc(CC(C)Nc5cc(C)nc(Cc6cccc(-c7ncnn7CC)c6)n5)nc(C)n4)ncc3C(=O)NC)c2OC)n1. The maximum absolute atomic E-state index is 13.0. The van der Waals surface area contributed by atoms with Crippen LogP contribution in [0.3, 0.4) is 0 Å². The van der Waals surface area contributed by atoms with Gasteiger partial charge in [-0.15, -0.1) is 0 Å². The third-order valence-corrected chi connectivity index (χ3v) is 9.39. The van der Waals surface area contributed by atoms with Gasteiger partial charge in [0.15, 0.2) is 17.4 Å². The number of nitrogens with one attached hydrogen (secondary N) is 4. The maximum Gasteiger partial charge on any atom is 0.254 e. The lowest BCUT2D eigenvalue weighted by Crippen LogP contribution is -2.21. The number of aromatic nitrogens is 11. The van der Waals surface area contributed by atoms with Gasteiger partial charge in [0.25, 0.3) is 5.91 Å². The number of methoxy groups -OCH3 is 1. The zero-order valence-electron chi connectivity index (χ0n) is 34.1. The molecule has 4 N–H and O–H groups in total. The van der Waals surface area contributed by atoms with Crippen LogP contribution in [0.1, 0.15) is 59.7 Å². The topological polar surface area (TPSA) is 200 Å². The van der Waals surface area contributed by atoms with Crippen molar-refractivity contribution in [3.05, 3.63) is 114 Å². The number of pyridine rings is 1. The monoisotopic (exact) mass is 793 g/mol. The predicted molar refractivity (Wildman–Crippen MR) is 226 cm³/mol. The van der Waals surface area contributed by atoms with E-state index in [1.807, 2.05) is 74.8 Å². The highest BCUT2D eigenvalue weighted by atomic mass is 16.5. The molecule has 2 aromatic carbocycles. The van der Waals surface area contributed by atoms with Crippen LogP contribution in [0.5, 0.6) is 5.75 Å². The quantitative estimate of drug-likeness (QED) is 0.0847. The number of benzene rings is 2. The van der Waals surface area contributed by atoms with Gasteiger partial charge in [0, 0.05) is 80.4 Å². The summed E-state index contributed by atoms with van der Waals surface area (Å²) < 4.78 is 9.46. The van der Waals surface area contributed by atoms with Crippen molar-refractivity contribution in [3.63, 3.8) is 0 Å². The highest BCUT2D eigenvalue weighted by molar-refractivity contribution is 6.00. The molecular weight excluding hydrogens is 747 g/mol. The molecule has 0 aliphatic carbocycles. The van der Waals surface area contributed by atoms with Gasteiger partial charge in [-0.1, -0.05) is 24.3 Å². The van der Waals surface area contributed by atoms with E-state index in [0.29, 0.717) is 76.7 Å². The fraction of sp³-hybridized carbons (Fsp3) is 0.286. The number of hydrogen-bond donors (Lipinski definition) is 4. The van der Waals surface area contributed by atoms with Gasteiger partial charge in [-0.3, -0.25) is 9.48 Å². The maximum atomic E-state index is 13.0. The first-order valence-corrected chi connectivity index (χ1v) is 19.4.